The Balaban J connectivity index is 2.20. The van der Waals surface area contributed by atoms with Crippen LogP contribution >= 0.6 is 0 Å². The average molecular weight is 389 g/mol. The summed E-state index contributed by atoms with van der Waals surface area (Å²) in [6.07, 6.45) is 1.80. The van der Waals surface area contributed by atoms with E-state index in [1.165, 1.54) is 6.07 Å². The summed E-state index contributed by atoms with van der Waals surface area (Å²) in [4.78, 5) is 23.7. The fraction of sp³-hybridized carbons (Fsp3) is 0.300. The van der Waals surface area contributed by atoms with Gasteiger partial charge in [-0.3, -0.25) is 9.59 Å². The summed E-state index contributed by atoms with van der Waals surface area (Å²) in [6, 6.07) is 13.6. The van der Waals surface area contributed by atoms with Gasteiger partial charge in [-0.05, 0) is 43.0 Å². The maximum atomic E-state index is 12.6. The van der Waals surface area contributed by atoms with Gasteiger partial charge in [0.25, 0.3) is 5.91 Å². The Kier molecular flexibility index (Phi) is 6.74. The molecule has 0 aliphatic rings. The lowest BCUT2D eigenvalue weighted by Crippen LogP contribution is -2.37. The molecule has 2 aromatic carbocycles. The van der Waals surface area contributed by atoms with E-state index in [0.717, 1.165) is 11.8 Å². The average Bonchev–Trinajstić information content (AvgIpc) is 2.59. The maximum Gasteiger partial charge on any atom is 0.303 e. The van der Waals surface area contributed by atoms with Crippen molar-refractivity contribution in [2.75, 3.05) is 6.26 Å². The standard InChI is InChI=1S/C20H23NO5S/c1-14-8-9-16(13-18(14)27(2,25)26)20(24)21-17(10-11-19(22)23)12-15-6-4-3-5-7-15/h3-9,13,17H,10-12H2,1-2H3,(H,21,24)(H,22,23). The lowest BCUT2D eigenvalue weighted by atomic mass is 10.0. The van der Waals surface area contributed by atoms with Crippen molar-refractivity contribution in [1.29, 1.82) is 0 Å². The Morgan fingerprint density at radius 1 is 1.11 bits per heavy atom. The van der Waals surface area contributed by atoms with Crippen molar-refractivity contribution >= 4 is 21.7 Å². The molecule has 27 heavy (non-hydrogen) atoms. The largest absolute Gasteiger partial charge is 0.481 e. The van der Waals surface area contributed by atoms with E-state index in [2.05, 4.69) is 5.32 Å². The van der Waals surface area contributed by atoms with Gasteiger partial charge < -0.3 is 10.4 Å². The smallest absolute Gasteiger partial charge is 0.303 e. The zero-order valence-corrected chi connectivity index (χ0v) is 16.1. The van der Waals surface area contributed by atoms with Crippen LogP contribution < -0.4 is 5.32 Å². The minimum absolute atomic E-state index is 0.0692. The van der Waals surface area contributed by atoms with E-state index in [-0.39, 0.29) is 29.3 Å². The van der Waals surface area contributed by atoms with Crippen LogP contribution in [0.3, 0.4) is 0 Å². The van der Waals surface area contributed by atoms with Crippen LogP contribution in [0.2, 0.25) is 0 Å². The van der Waals surface area contributed by atoms with Crippen molar-refractivity contribution in [2.24, 2.45) is 0 Å². The van der Waals surface area contributed by atoms with Crippen molar-refractivity contribution < 1.29 is 23.1 Å². The van der Waals surface area contributed by atoms with Crippen LogP contribution in [0.1, 0.15) is 34.3 Å². The molecule has 0 saturated carbocycles. The molecule has 0 aliphatic carbocycles. The highest BCUT2D eigenvalue weighted by atomic mass is 32.2. The van der Waals surface area contributed by atoms with Crippen molar-refractivity contribution in [3.63, 3.8) is 0 Å². The number of aryl methyl sites for hydroxylation is 1. The van der Waals surface area contributed by atoms with Gasteiger partial charge in [-0.25, -0.2) is 8.42 Å². The molecule has 0 saturated heterocycles. The number of aliphatic carboxylic acids is 1. The van der Waals surface area contributed by atoms with Crippen LogP contribution in [0.4, 0.5) is 0 Å². The van der Waals surface area contributed by atoms with E-state index in [1.807, 2.05) is 30.3 Å². The third-order valence-corrected chi connectivity index (χ3v) is 5.46. The highest BCUT2D eigenvalue weighted by Gasteiger charge is 2.18. The predicted molar refractivity (Wildman–Crippen MR) is 103 cm³/mol. The molecule has 0 bridgehead atoms. The number of hydrogen-bond acceptors (Lipinski definition) is 4. The first-order valence-electron chi connectivity index (χ1n) is 8.54. The Labute approximate surface area is 159 Å². The summed E-state index contributed by atoms with van der Waals surface area (Å²) in [6.45, 7) is 1.67. The fourth-order valence-corrected chi connectivity index (χ4v) is 3.83. The van der Waals surface area contributed by atoms with Gasteiger partial charge in [0, 0.05) is 24.3 Å². The molecule has 6 nitrogen and oxygen atoms in total. The number of sulfone groups is 1. The number of nitrogens with one attached hydrogen (secondary N) is 1. The Morgan fingerprint density at radius 2 is 1.78 bits per heavy atom. The van der Waals surface area contributed by atoms with Crippen molar-refractivity contribution in [3.8, 4) is 0 Å². The van der Waals surface area contributed by atoms with Gasteiger partial charge in [0.15, 0.2) is 9.84 Å². The number of benzene rings is 2. The zero-order valence-electron chi connectivity index (χ0n) is 15.3. The van der Waals surface area contributed by atoms with Crippen LogP contribution in [0, 0.1) is 6.92 Å². The lowest BCUT2D eigenvalue weighted by molar-refractivity contribution is -0.137. The van der Waals surface area contributed by atoms with E-state index in [4.69, 9.17) is 5.11 Å². The first-order chi connectivity index (χ1) is 12.7. The molecule has 0 aliphatic heterocycles. The number of carboxylic acids is 1. The molecular formula is C20H23NO5S. The quantitative estimate of drug-likeness (QED) is 0.723. The van der Waals surface area contributed by atoms with Crippen LogP contribution in [-0.2, 0) is 21.1 Å². The summed E-state index contributed by atoms with van der Waals surface area (Å²) in [7, 11) is -3.45. The van der Waals surface area contributed by atoms with Gasteiger partial charge in [0.05, 0.1) is 4.90 Å². The number of carboxylic acid groups (broad SMARTS) is 1. The van der Waals surface area contributed by atoms with Crippen LogP contribution in [0.25, 0.3) is 0 Å². The molecule has 1 amide bonds. The number of amides is 1. The van der Waals surface area contributed by atoms with E-state index in [9.17, 15) is 18.0 Å². The molecule has 0 spiro atoms. The number of rotatable bonds is 8. The molecule has 2 rings (SSSR count). The van der Waals surface area contributed by atoms with Crippen LogP contribution in [-0.4, -0.2) is 37.7 Å². The second-order valence-electron chi connectivity index (χ2n) is 6.54. The summed E-state index contributed by atoms with van der Waals surface area (Å²) >= 11 is 0. The maximum absolute atomic E-state index is 12.6. The van der Waals surface area contributed by atoms with Crippen LogP contribution in [0.5, 0.6) is 0 Å². The predicted octanol–water partition coefficient (Wildman–Crippen LogP) is 2.60. The van der Waals surface area contributed by atoms with Gasteiger partial charge in [0.1, 0.15) is 0 Å². The fourth-order valence-electron chi connectivity index (χ4n) is 2.83. The first kappa shape index (κ1) is 20.6. The summed E-state index contributed by atoms with van der Waals surface area (Å²) in [5, 5.41) is 11.8. The lowest BCUT2D eigenvalue weighted by Gasteiger charge is -2.19. The second-order valence-corrected chi connectivity index (χ2v) is 8.53. The highest BCUT2D eigenvalue weighted by molar-refractivity contribution is 7.90. The van der Waals surface area contributed by atoms with Gasteiger partial charge in [0.2, 0.25) is 0 Å². The number of carbonyl (C=O) groups excluding carboxylic acids is 1. The molecule has 0 fully saturated rings. The highest BCUT2D eigenvalue weighted by Crippen LogP contribution is 2.17. The SMILES string of the molecule is Cc1ccc(C(=O)NC(CCC(=O)O)Cc2ccccc2)cc1S(C)(=O)=O. The zero-order chi connectivity index (χ0) is 20.0. The van der Waals surface area contributed by atoms with E-state index in [0.29, 0.717) is 12.0 Å². The summed E-state index contributed by atoms with van der Waals surface area (Å²) in [5.74, 6) is -1.36. The molecule has 144 valence electrons. The van der Waals surface area contributed by atoms with Gasteiger partial charge in [-0.2, -0.15) is 0 Å². The summed E-state index contributed by atoms with van der Waals surface area (Å²) in [5.41, 5.74) is 1.78. The normalized spacial score (nSPS) is 12.4. The summed E-state index contributed by atoms with van der Waals surface area (Å²) < 4.78 is 23.7. The van der Waals surface area contributed by atoms with Crippen LogP contribution in [0.15, 0.2) is 53.4 Å². The minimum Gasteiger partial charge on any atom is -0.481 e. The molecule has 2 aromatic rings. The van der Waals surface area contributed by atoms with E-state index in [1.54, 1.807) is 19.1 Å². The Morgan fingerprint density at radius 3 is 2.37 bits per heavy atom. The minimum atomic E-state index is -3.45. The molecule has 1 atom stereocenters. The molecule has 2 N–H and O–H groups in total. The molecule has 0 heterocycles. The Hall–Kier alpha value is -2.67. The van der Waals surface area contributed by atoms with E-state index < -0.39 is 21.7 Å². The first-order valence-corrected chi connectivity index (χ1v) is 10.4. The van der Waals surface area contributed by atoms with Gasteiger partial charge >= 0.3 is 5.97 Å². The topological polar surface area (TPSA) is 101 Å². The second kappa shape index (κ2) is 8.81. The van der Waals surface area contributed by atoms with Crippen molar-refractivity contribution in [2.45, 2.75) is 37.1 Å². The van der Waals surface area contributed by atoms with E-state index >= 15 is 0 Å². The number of carbonyl (C=O) groups is 2. The molecule has 7 heteroatoms. The third-order valence-electron chi connectivity index (χ3n) is 4.22. The van der Waals surface area contributed by atoms with Gasteiger partial charge in [-0.15, -0.1) is 0 Å². The van der Waals surface area contributed by atoms with Crippen molar-refractivity contribution in [3.05, 3.63) is 65.2 Å². The molecule has 0 radical (unpaired) electrons. The van der Waals surface area contributed by atoms with Crippen molar-refractivity contribution in [1.82, 2.24) is 5.32 Å². The third kappa shape index (κ3) is 6.21. The van der Waals surface area contributed by atoms with Gasteiger partial charge in [-0.1, -0.05) is 36.4 Å². The number of hydrogen-bond donors (Lipinski definition) is 2. The molecule has 0 aromatic heterocycles. The molecule has 1 unspecified atom stereocenters. The molecular weight excluding hydrogens is 366 g/mol. The Bertz CT molecular complexity index is 923. The monoisotopic (exact) mass is 389 g/mol.